The van der Waals surface area contributed by atoms with E-state index in [4.69, 9.17) is 5.26 Å². The van der Waals surface area contributed by atoms with Gasteiger partial charge >= 0.3 is 6.18 Å². The molecule has 1 aromatic rings. The average molecular weight is 435 g/mol. The van der Waals surface area contributed by atoms with Gasteiger partial charge in [-0.15, -0.1) is 12.4 Å². The Morgan fingerprint density at radius 1 is 1.17 bits per heavy atom. The van der Waals surface area contributed by atoms with Crippen molar-refractivity contribution in [2.24, 2.45) is 5.92 Å². The number of rotatable bonds is 4. The van der Waals surface area contributed by atoms with Crippen LogP contribution in [0.5, 0.6) is 0 Å². The highest BCUT2D eigenvalue weighted by Gasteiger charge is 2.35. The van der Waals surface area contributed by atoms with Gasteiger partial charge in [0.15, 0.2) is 0 Å². The van der Waals surface area contributed by atoms with Gasteiger partial charge in [0.05, 0.1) is 30.6 Å². The molecule has 2 aliphatic rings. The third kappa shape index (κ3) is 5.73. The first-order valence-corrected chi connectivity index (χ1v) is 9.25. The number of nitrogens with zero attached hydrogens (tertiary/aromatic N) is 3. The van der Waals surface area contributed by atoms with Gasteiger partial charge in [0.1, 0.15) is 6.17 Å². The number of likely N-dealkylation sites (tertiary alicyclic amines) is 1. The molecule has 0 aliphatic carbocycles. The summed E-state index contributed by atoms with van der Waals surface area (Å²) in [5.74, 6) is -0.971. The summed E-state index contributed by atoms with van der Waals surface area (Å²) in [5, 5.41) is 12.0. The average Bonchev–Trinajstić information content (AvgIpc) is 3.07. The molecule has 0 saturated carbocycles. The first-order valence-electron chi connectivity index (χ1n) is 9.25. The summed E-state index contributed by atoms with van der Waals surface area (Å²) in [5.41, 5.74) is 0.0820. The fourth-order valence-electron chi connectivity index (χ4n) is 3.64. The Labute approximate surface area is 173 Å². The van der Waals surface area contributed by atoms with Crippen molar-refractivity contribution in [1.29, 1.82) is 5.26 Å². The van der Waals surface area contributed by atoms with Crippen molar-refractivity contribution in [1.82, 2.24) is 10.2 Å². The number of carbonyl (C=O) groups is 1. The molecule has 2 saturated heterocycles. The SMILES string of the molecule is Cl.N#C[C@@H]1CN(C(=O)CNC2CCN(c3ccc(C(F)(F)F)cc3)CC2)C[C@@H]1F. The van der Waals surface area contributed by atoms with Crippen LogP contribution < -0.4 is 10.2 Å². The molecule has 1 N–H and O–H groups in total. The van der Waals surface area contributed by atoms with Gasteiger partial charge in [-0.05, 0) is 37.1 Å². The number of nitrogens with one attached hydrogen (secondary N) is 1. The second-order valence-corrected chi connectivity index (χ2v) is 7.24. The molecular weight excluding hydrogens is 412 g/mol. The van der Waals surface area contributed by atoms with Gasteiger partial charge in [-0.3, -0.25) is 4.79 Å². The molecule has 1 amide bonds. The minimum atomic E-state index is -4.34. The van der Waals surface area contributed by atoms with Crippen LogP contribution in [0.3, 0.4) is 0 Å². The van der Waals surface area contributed by atoms with E-state index in [-0.39, 0.29) is 44.0 Å². The van der Waals surface area contributed by atoms with Gasteiger partial charge in [0.2, 0.25) is 5.91 Å². The molecule has 2 heterocycles. The Hall–Kier alpha value is -2.05. The van der Waals surface area contributed by atoms with E-state index >= 15 is 0 Å². The van der Waals surface area contributed by atoms with Gasteiger partial charge in [-0.1, -0.05) is 0 Å². The minimum Gasteiger partial charge on any atom is -0.371 e. The predicted molar refractivity (Wildman–Crippen MR) is 103 cm³/mol. The lowest BCUT2D eigenvalue weighted by Crippen LogP contribution is -2.46. The number of hydrogen-bond acceptors (Lipinski definition) is 4. The number of alkyl halides is 4. The number of piperidine rings is 1. The summed E-state index contributed by atoms with van der Waals surface area (Å²) < 4.78 is 51.5. The summed E-state index contributed by atoms with van der Waals surface area (Å²) in [6, 6.07) is 7.12. The summed E-state index contributed by atoms with van der Waals surface area (Å²) in [4.78, 5) is 15.6. The van der Waals surface area contributed by atoms with E-state index in [0.717, 1.165) is 30.7 Å². The van der Waals surface area contributed by atoms with Crippen LogP contribution >= 0.6 is 12.4 Å². The summed E-state index contributed by atoms with van der Waals surface area (Å²) in [6.07, 6.45) is -4.13. The second-order valence-electron chi connectivity index (χ2n) is 7.24. The monoisotopic (exact) mass is 434 g/mol. The zero-order valence-corrected chi connectivity index (χ0v) is 16.5. The van der Waals surface area contributed by atoms with Crippen molar-refractivity contribution >= 4 is 24.0 Å². The molecule has 2 aliphatic heterocycles. The fraction of sp³-hybridized carbons (Fsp3) is 0.579. The number of nitriles is 1. The largest absolute Gasteiger partial charge is 0.416 e. The normalized spacial score (nSPS) is 22.9. The Balaban J connectivity index is 0.00000300. The van der Waals surface area contributed by atoms with Gasteiger partial charge in [0.25, 0.3) is 0 Å². The van der Waals surface area contributed by atoms with Crippen molar-refractivity contribution in [3.05, 3.63) is 29.8 Å². The molecule has 0 unspecified atom stereocenters. The number of halogens is 5. The lowest BCUT2D eigenvalue weighted by atomic mass is 10.0. The van der Waals surface area contributed by atoms with Crippen LogP contribution in [0.2, 0.25) is 0 Å². The maximum absolute atomic E-state index is 13.6. The van der Waals surface area contributed by atoms with E-state index in [2.05, 4.69) is 5.32 Å². The van der Waals surface area contributed by atoms with Crippen LogP contribution in [0, 0.1) is 17.2 Å². The second kappa shape index (κ2) is 9.63. The van der Waals surface area contributed by atoms with Crippen LogP contribution in [0.15, 0.2) is 24.3 Å². The van der Waals surface area contributed by atoms with Gasteiger partial charge in [-0.25, -0.2) is 4.39 Å². The molecule has 2 fully saturated rings. The van der Waals surface area contributed by atoms with E-state index in [1.165, 1.54) is 17.0 Å². The molecule has 10 heteroatoms. The molecule has 0 bridgehead atoms. The Bertz CT molecular complexity index is 729. The number of benzene rings is 1. The van der Waals surface area contributed by atoms with Gasteiger partial charge in [-0.2, -0.15) is 18.4 Å². The zero-order chi connectivity index (χ0) is 20.3. The highest BCUT2D eigenvalue weighted by atomic mass is 35.5. The molecule has 160 valence electrons. The van der Waals surface area contributed by atoms with Crippen LogP contribution in [-0.2, 0) is 11.0 Å². The number of carbonyl (C=O) groups excluding carboxylic acids is 1. The molecular formula is C19H23ClF4N4O. The van der Waals surface area contributed by atoms with Crippen molar-refractivity contribution < 1.29 is 22.4 Å². The van der Waals surface area contributed by atoms with Crippen molar-refractivity contribution in [2.45, 2.75) is 31.2 Å². The molecule has 5 nitrogen and oxygen atoms in total. The number of amides is 1. The summed E-state index contributed by atoms with van der Waals surface area (Å²) in [7, 11) is 0. The van der Waals surface area contributed by atoms with Gasteiger partial charge < -0.3 is 15.1 Å². The third-order valence-electron chi connectivity index (χ3n) is 5.36. The van der Waals surface area contributed by atoms with E-state index in [1.54, 1.807) is 0 Å². The summed E-state index contributed by atoms with van der Waals surface area (Å²) >= 11 is 0. The number of hydrogen-bond donors (Lipinski definition) is 1. The Kier molecular flexibility index (Phi) is 7.72. The van der Waals surface area contributed by atoms with E-state index < -0.39 is 23.8 Å². The summed E-state index contributed by atoms with van der Waals surface area (Å²) in [6.45, 7) is 1.53. The molecule has 0 aromatic heterocycles. The van der Waals surface area contributed by atoms with Crippen LogP contribution in [-0.4, -0.2) is 55.7 Å². The third-order valence-corrected chi connectivity index (χ3v) is 5.36. The minimum absolute atomic E-state index is 0. The maximum Gasteiger partial charge on any atom is 0.416 e. The molecule has 3 rings (SSSR count). The van der Waals surface area contributed by atoms with Crippen molar-refractivity contribution in [3.63, 3.8) is 0 Å². The Morgan fingerprint density at radius 2 is 1.79 bits per heavy atom. The fourth-order valence-corrected chi connectivity index (χ4v) is 3.64. The van der Waals surface area contributed by atoms with Crippen molar-refractivity contribution in [2.75, 3.05) is 37.6 Å². The van der Waals surface area contributed by atoms with E-state index in [9.17, 15) is 22.4 Å². The van der Waals surface area contributed by atoms with Gasteiger partial charge in [0, 0.05) is 31.4 Å². The van der Waals surface area contributed by atoms with Crippen LogP contribution in [0.4, 0.5) is 23.2 Å². The molecule has 0 radical (unpaired) electrons. The van der Waals surface area contributed by atoms with Crippen LogP contribution in [0.1, 0.15) is 18.4 Å². The quantitative estimate of drug-likeness (QED) is 0.740. The lowest BCUT2D eigenvalue weighted by molar-refractivity contribution is -0.137. The highest BCUT2D eigenvalue weighted by molar-refractivity contribution is 5.85. The standard InChI is InChI=1S/C19H22F4N4O.ClH/c20-17-12-27(11-13(17)9-24)18(28)10-25-15-5-7-26(8-6-15)16-3-1-14(2-4-16)19(21,22)23;/h1-4,13,15,17,25H,5-8,10-12H2;1H/t13-,17+;/m1./s1. The first kappa shape index (κ1) is 23.2. The Morgan fingerprint density at radius 3 is 2.31 bits per heavy atom. The molecule has 1 aromatic carbocycles. The molecule has 2 atom stereocenters. The predicted octanol–water partition coefficient (Wildman–Crippen LogP) is 3.01. The highest BCUT2D eigenvalue weighted by Crippen LogP contribution is 2.31. The lowest BCUT2D eigenvalue weighted by Gasteiger charge is -2.34. The maximum atomic E-state index is 13.6. The topological polar surface area (TPSA) is 59.4 Å². The molecule has 0 spiro atoms. The van der Waals surface area contributed by atoms with E-state index in [1.807, 2.05) is 11.0 Å². The zero-order valence-electron chi connectivity index (χ0n) is 15.7. The van der Waals surface area contributed by atoms with Crippen molar-refractivity contribution in [3.8, 4) is 6.07 Å². The first-order chi connectivity index (χ1) is 13.3. The van der Waals surface area contributed by atoms with Crippen LogP contribution in [0.25, 0.3) is 0 Å². The molecule has 29 heavy (non-hydrogen) atoms. The van der Waals surface area contributed by atoms with E-state index in [0.29, 0.717) is 13.1 Å². The number of anilines is 1. The smallest absolute Gasteiger partial charge is 0.371 e.